The van der Waals surface area contributed by atoms with Gasteiger partial charge in [0.2, 0.25) is 0 Å². The second-order valence-corrected chi connectivity index (χ2v) is 8.96. The average Bonchev–Trinajstić information content (AvgIpc) is 2.73. The van der Waals surface area contributed by atoms with Gasteiger partial charge >= 0.3 is 0 Å². The molecule has 0 bridgehead atoms. The zero-order valence-electron chi connectivity index (χ0n) is 17.8. The van der Waals surface area contributed by atoms with Gasteiger partial charge in [-0.2, -0.15) is 0 Å². The molecule has 0 radical (unpaired) electrons. The third-order valence-electron chi connectivity index (χ3n) is 7.24. The SMILES string of the molecule is CCOc1ccc(C(CCC2(CC)CCCCC2)CC2=CCCCC2)cc1. The van der Waals surface area contributed by atoms with Crippen LogP contribution in [-0.4, -0.2) is 6.61 Å². The molecule has 0 N–H and O–H groups in total. The summed E-state index contributed by atoms with van der Waals surface area (Å²) in [6, 6.07) is 9.02. The number of hydrogen-bond donors (Lipinski definition) is 0. The molecular formula is C26H40O. The Labute approximate surface area is 167 Å². The number of allylic oxidation sites excluding steroid dienone is 2. The fraction of sp³-hybridized carbons (Fsp3) is 0.692. The Kier molecular flexibility index (Phi) is 7.85. The first-order valence-corrected chi connectivity index (χ1v) is 11.7. The van der Waals surface area contributed by atoms with E-state index in [1.165, 1.54) is 89.0 Å². The van der Waals surface area contributed by atoms with Crippen molar-refractivity contribution in [1.29, 1.82) is 0 Å². The van der Waals surface area contributed by atoms with Crippen LogP contribution < -0.4 is 4.74 Å². The van der Waals surface area contributed by atoms with Crippen LogP contribution in [-0.2, 0) is 0 Å². The molecule has 1 aromatic carbocycles. The molecule has 0 saturated heterocycles. The van der Waals surface area contributed by atoms with Gasteiger partial charge in [0.25, 0.3) is 0 Å². The summed E-state index contributed by atoms with van der Waals surface area (Å²) in [6.45, 7) is 5.23. The second-order valence-electron chi connectivity index (χ2n) is 8.96. The van der Waals surface area contributed by atoms with E-state index < -0.39 is 0 Å². The second kappa shape index (κ2) is 10.3. The fourth-order valence-corrected chi connectivity index (χ4v) is 5.36. The standard InChI is InChI=1S/C26H40O/c1-3-26(18-9-6-10-19-26)20-17-24(21-22-11-7-5-8-12-22)23-13-15-25(16-14-23)27-4-2/h11,13-16,24H,3-10,12,17-21H2,1-2H3. The molecule has 150 valence electrons. The molecular weight excluding hydrogens is 328 g/mol. The van der Waals surface area contributed by atoms with Crippen molar-refractivity contribution in [3.63, 3.8) is 0 Å². The quantitative estimate of drug-likeness (QED) is 0.399. The molecule has 1 saturated carbocycles. The lowest BCUT2D eigenvalue weighted by Gasteiger charge is -2.38. The molecule has 0 heterocycles. The van der Waals surface area contributed by atoms with Crippen LogP contribution >= 0.6 is 0 Å². The highest BCUT2D eigenvalue weighted by molar-refractivity contribution is 5.30. The molecule has 3 rings (SSSR count). The molecule has 1 heteroatoms. The monoisotopic (exact) mass is 368 g/mol. The first-order chi connectivity index (χ1) is 13.2. The zero-order valence-corrected chi connectivity index (χ0v) is 17.8. The van der Waals surface area contributed by atoms with Gasteiger partial charge in [-0.25, -0.2) is 0 Å². The van der Waals surface area contributed by atoms with Crippen LogP contribution in [0.5, 0.6) is 5.75 Å². The van der Waals surface area contributed by atoms with Gasteiger partial charge < -0.3 is 4.74 Å². The largest absolute Gasteiger partial charge is 0.494 e. The summed E-state index contributed by atoms with van der Waals surface area (Å²) >= 11 is 0. The molecule has 2 aliphatic rings. The number of benzene rings is 1. The number of rotatable bonds is 9. The lowest BCUT2D eigenvalue weighted by Crippen LogP contribution is -2.24. The van der Waals surface area contributed by atoms with Gasteiger partial charge in [0.15, 0.2) is 0 Å². The summed E-state index contributed by atoms with van der Waals surface area (Å²) in [5.74, 6) is 1.68. The van der Waals surface area contributed by atoms with Gasteiger partial charge in [0.05, 0.1) is 6.61 Å². The Morgan fingerprint density at radius 1 is 0.963 bits per heavy atom. The molecule has 2 aliphatic carbocycles. The molecule has 1 aromatic rings. The molecule has 1 atom stereocenters. The van der Waals surface area contributed by atoms with Crippen molar-refractivity contribution in [2.75, 3.05) is 6.61 Å². The van der Waals surface area contributed by atoms with Crippen molar-refractivity contribution in [3.05, 3.63) is 41.5 Å². The molecule has 0 amide bonds. The van der Waals surface area contributed by atoms with E-state index in [1.807, 2.05) is 0 Å². The smallest absolute Gasteiger partial charge is 0.119 e. The van der Waals surface area contributed by atoms with Crippen molar-refractivity contribution in [3.8, 4) is 5.75 Å². The van der Waals surface area contributed by atoms with Gasteiger partial charge in [-0.15, -0.1) is 0 Å². The predicted molar refractivity (Wildman–Crippen MR) is 117 cm³/mol. The lowest BCUT2D eigenvalue weighted by molar-refractivity contribution is 0.156. The molecule has 27 heavy (non-hydrogen) atoms. The van der Waals surface area contributed by atoms with Crippen molar-refractivity contribution < 1.29 is 4.74 Å². The van der Waals surface area contributed by atoms with Crippen LogP contribution in [0.1, 0.15) is 109 Å². The minimum atomic E-state index is 0.628. The highest BCUT2D eigenvalue weighted by Crippen LogP contribution is 2.45. The minimum Gasteiger partial charge on any atom is -0.494 e. The molecule has 0 spiro atoms. The van der Waals surface area contributed by atoms with E-state index in [4.69, 9.17) is 4.74 Å². The highest BCUT2D eigenvalue weighted by Gasteiger charge is 2.31. The topological polar surface area (TPSA) is 9.23 Å². The number of ether oxygens (including phenoxy) is 1. The first-order valence-electron chi connectivity index (χ1n) is 11.7. The van der Waals surface area contributed by atoms with Gasteiger partial charge in [-0.3, -0.25) is 0 Å². The summed E-state index contributed by atoms with van der Waals surface area (Å²) < 4.78 is 5.67. The average molecular weight is 369 g/mol. The van der Waals surface area contributed by atoms with Crippen LogP contribution in [0, 0.1) is 5.41 Å². The van der Waals surface area contributed by atoms with E-state index in [2.05, 4.69) is 44.2 Å². The third kappa shape index (κ3) is 5.87. The molecule has 0 aliphatic heterocycles. The Bertz CT molecular complexity index is 577. The van der Waals surface area contributed by atoms with Gasteiger partial charge in [0.1, 0.15) is 5.75 Å². The maximum atomic E-state index is 5.67. The maximum Gasteiger partial charge on any atom is 0.119 e. The van der Waals surface area contributed by atoms with Crippen molar-refractivity contribution in [2.45, 2.75) is 103 Å². The molecule has 1 unspecified atom stereocenters. The minimum absolute atomic E-state index is 0.628. The summed E-state index contributed by atoms with van der Waals surface area (Å²) in [6.07, 6.45) is 20.6. The zero-order chi connectivity index (χ0) is 19.0. The summed E-state index contributed by atoms with van der Waals surface area (Å²) in [5, 5.41) is 0. The van der Waals surface area contributed by atoms with E-state index in [9.17, 15) is 0 Å². The first kappa shape index (κ1) is 20.5. The Balaban J connectivity index is 1.71. The third-order valence-corrected chi connectivity index (χ3v) is 7.24. The van der Waals surface area contributed by atoms with E-state index in [-0.39, 0.29) is 0 Å². The van der Waals surface area contributed by atoms with Crippen LogP contribution in [0.25, 0.3) is 0 Å². The van der Waals surface area contributed by atoms with E-state index >= 15 is 0 Å². The van der Waals surface area contributed by atoms with E-state index in [1.54, 1.807) is 5.57 Å². The summed E-state index contributed by atoms with van der Waals surface area (Å²) in [7, 11) is 0. The Morgan fingerprint density at radius 3 is 2.37 bits per heavy atom. The maximum absolute atomic E-state index is 5.67. The van der Waals surface area contributed by atoms with Crippen LogP contribution in [0.15, 0.2) is 35.9 Å². The highest BCUT2D eigenvalue weighted by atomic mass is 16.5. The van der Waals surface area contributed by atoms with Crippen molar-refractivity contribution >= 4 is 0 Å². The summed E-state index contributed by atoms with van der Waals surface area (Å²) in [5.41, 5.74) is 3.87. The Hall–Kier alpha value is -1.24. The molecule has 0 aromatic heterocycles. The van der Waals surface area contributed by atoms with Gasteiger partial charge in [0, 0.05) is 0 Å². The van der Waals surface area contributed by atoms with Crippen LogP contribution in [0.2, 0.25) is 0 Å². The van der Waals surface area contributed by atoms with Crippen LogP contribution in [0.4, 0.5) is 0 Å². The summed E-state index contributed by atoms with van der Waals surface area (Å²) in [4.78, 5) is 0. The van der Waals surface area contributed by atoms with E-state index in [0.29, 0.717) is 11.3 Å². The van der Waals surface area contributed by atoms with Gasteiger partial charge in [-0.1, -0.05) is 56.4 Å². The van der Waals surface area contributed by atoms with Crippen molar-refractivity contribution in [2.24, 2.45) is 5.41 Å². The Morgan fingerprint density at radius 2 is 1.74 bits per heavy atom. The number of hydrogen-bond acceptors (Lipinski definition) is 1. The van der Waals surface area contributed by atoms with Gasteiger partial charge in [-0.05, 0) is 93.7 Å². The fourth-order valence-electron chi connectivity index (χ4n) is 5.36. The van der Waals surface area contributed by atoms with Crippen LogP contribution in [0.3, 0.4) is 0 Å². The normalized spacial score (nSPS) is 20.7. The van der Waals surface area contributed by atoms with Crippen molar-refractivity contribution in [1.82, 2.24) is 0 Å². The predicted octanol–water partition coefficient (Wildman–Crippen LogP) is 8.20. The molecule has 1 nitrogen and oxygen atoms in total. The van der Waals surface area contributed by atoms with E-state index in [0.717, 1.165) is 12.4 Å². The lowest BCUT2D eigenvalue weighted by atomic mass is 9.68. The molecule has 1 fully saturated rings.